The second kappa shape index (κ2) is 5.56. The standard InChI is InChI=1S/C12H21NO5/c1-12(2,3)18-11(16)13-7-5-6-8(13)9(14)10(15)17-4/h8-9,14H,5-7H2,1-4H3/t8-,9+/m0/s1. The van der Waals surface area contributed by atoms with E-state index in [1.54, 1.807) is 20.8 Å². The van der Waals surface area contributed by atoms with Gasteiger partial charge in [-0.15, -0.1) is 0 Å². The molecule has 0 saturated carbocycles. The van der Waals surface area contributed by atoms with Crippen LogP contribution in [0.15, 0.2) is 0 Å². The Kier molecular flexibility index (Phi) is 4.56. The molecule has 0 aromatic carbocycles. The number of ether oxygens (including phenoxy) is 2. The number of rotatable bonds is 2. The molecule has 0 aromatic rings. The van der Waals surface area contributed by atoms with Gasteiger partial charge in [-0.1, -0.05) is 0 Å². The Hall–Kier alpha value is -1.30. The van der Waals surface area contributed by atoms with Gasteiger partial charge in [0.2, 0.25) is 0 Å². The molecule has 0 unspecified atom stereocenters. The number of amides is 1. The number of nitrogens with zero attached hydrogens (tertiary/aromatic N) is 1. The molecule has 1 saturated heterocycles. The van der Waals surface area contributed by atoms with Gasteiger partial charge in [0.25, 0.3) is 0 Å². The minimum absolute atomic E-state index is 0.480. The first-order valence-electron chi connectivity index (χ1n) is 6.02. The molecule has 2 atom stereocenters. The predicted molar refractivity (Wildman–Crippen MR) is 64.0 cm³/mol. The Balaban J connectivity index is 2.70. The van der Waals surface area contributed by atoms with Crippen molar-refractivity contribution in [1.29, 1.82) is 0 Å². The molecule has 18 heavy (non-hydrogen) atoms. The highest BCUT2D eigenvalue weighted by molar-refractivity contribution is 5.77. The van der Waals surface area contributed by atoms with E-state index < -0.39 is 29.8 Å². The molecule has 1 amide bonds. The van der Waals surface area contributed by atoms with Crippen molar-refractivity contribution in [3.05, 3.63) is 0 Å². The van der Waals surface area contributed by atoms with Gasteiger partial charge in [-0.3, -0.25) is 0 Å². The number of aliphatic hydroxyl groups is 1. The Bertz CT molecular complexity index is 323. The lowest BCUT2D eigenvalue weighted by Crippen LogP contribution is -2.48. The molecule has 0 aromatic heterocycles. The van der Waals surface area contributed by atoms with Crippen molar-refractivity contribution >= 4 is 12.1 Å². The maximum absolute atomic E-state index is 11.9. The maximum atomic E-state index is 11.9. The monoisotopic (exact) mass is 259 g/mol. The summed E-state index contributed by atoms with van der Waals surface area (Å²) in [7, 11) is 1.21. The molecule has 0 radical (unpaired) electrons. The first-order chi connectivity index (χ1) is 8.26. The van der Waals surface area contributed by atoms with Crippen molar-refractivity contribution in [2.45, 2.75) is 51.4 Å². The van der Waals surface area contributed by atoms with Crippen LogP contribution in [0.25, 0.3) is 0 Å². The second-order valence-corrected chi connectivity index (χ2v) is 5.35. The Labute approximate surface area is 107 Å². The van der Waals surface area contributed by atoms with Crippen molar-refractivity contribution in [2.75, 3.05) is 13.7 Å². The van der Waals surface area contributed by atoms with Gasteiger partial charge in [-0.2, -0.15) is 0 Å². The summed E-state index contributed by atoms with van der Waals surface area (Å²) < 4.78 is 9.72. The number of carbonyl (C=O) groups excluding carboxylic acids is 2. The summed E-state index contributed by atoms with van der Waals surface area (Å²) in [4.78, 5) is 24.6. The highest BCUT2D eigenvalue weighted by Gasteiger charge is 2.39. The third-order valence-electron chi connectivity index (χ3n) is 2.73. The largest absolute Gasteiger partial charge is 0.467 e. The van der Waals surface area contributed by atoms with E-state index >= 15 is 0 Å². The zero-order chi connectivity index (χ0) is 13.9. The van der Waals surface area contributed by atoms with Crippen molar-refractivity contribution in [3.63, 3.8) is 0 Å². The number of hydrogen-bond acceptors (Lipinski definition) is 5. The zero-order valence-corrected chi connectivity index (χ0v) is 11.3. The van der Waals surface area contributed by atoms with Crippen LogP contribution in [0.5, 0.6) is 0 Å². The molecular formula is C12H21NO5. The smallest absolute Gasteiger partial charge is 0.410 e. The van der Waals surface area contributed by atoms with E-state index in [-0.39, 0.29) is 0 Å². The normalized spacial score (nSPS) is 21.6. The molecule has 104 valence electrons. The van der Waals surface area contributed by atoms with Gasteiger partial charge in [0.05, 0.1) is 13.2 Å². The van der Waals surface area contributed by atoms with Gasteiger partial charge in [0, 0.05) is 6.54 Å². The number of likely N-dealkylation sites (tertiary alicyclic amines) is 1. The third kappa shape index (κ3) is 3.60. The lowest BCUT2D eigenvalue weighted by atomic mass is 10.1. The molecular weight excluding hydrogens is 238 g/mol. The highest BCUT2D eigenvalue weighted by atomic mass is 16.6. The molecule has 1 aliphatic rings. The van der Waals surface area contributed by atoms with E-state index in [0.717, 1.165) is 6.42 Å². The van der Waals surface area contributed by atoms with Gasteiger partial charge < -0.3 is 19.5 Å². The van der Waals surface area contributed by atoms with E-state index in [0.29, 0.717) is 13.0 Å². The molecule has 1 heterocycles. The van der Waals surface area contributed by atoms with Crippen LogP contribution in [0, 0.1) is 0 Å². The predicted octanol–water partition coefficient (Wildman–Crippen LogP) is 0.920. The van der Waals surface area contributed by atoms with Gasteiger partial charge in [-0.05, 0) is 33.6 Å². The summed E-state index contributed by atoms with van der Waals surface area (Å²) in [5, 5.41) is 9.81. The van der Waals surface area contributed by atoms with Crippen LogP contribution in [-0.4, -0.2) is 53.5 Å². The van der Waals surface area contributed by atoms with E-state index in [2.05, 4.69) is 4.74 Å². The molecule has 6 heteroatoms. The summed E-state index contributed by atoms with van der Waals surface area (Å²) in [6.45, 7) is 5.79. The lowest BCUT2D eigenvalue weighted by Gasteiger charge is -2.30. The SMILES string of the molecule is COC(=O)[C@H](O)[C@@H]1CCCN1C(=O)OC(C)(C)C. The highest BCUT2D eigenvalue weighted by Crippen LogP contribution is 2.23. The minimum Gasteiger partial charge on any atom is -0.467 e. The molecule has 0 spiro atoms. The minimum atomic E-state index is -1.31. The molecule has 1 N–H and O–H groups in total. The summed E-state index contributed by atoms with van der Waals surface area (Å²) in [5.41, 5.74) is -0.597. The van der Waals surface area contributed by atoms with E-state index in [1.807, 2.05) is 0 Å². The van der Waals surface area contributed by atoms with Gasteiger partial charge in [0.1, 0.15) is 5.60 Å². The van der Waals surface area contributed by atoms with Crippen molar-refractivity contribution in [3.8, 4) is 0 Å². The molecule has 1 rings (SSSR count). The van der Waals surface area contributed by atoms with Crippen LogP contribution in [0.4, 0.5) is 4.79 Å². The summed E-state index contributed by atoms with van der Waals surface area (Å²) >= 11 is 0. The second-order valence-electron chi connectivity index (χ2n) is 5.35. The van der Waals surface area contributed by atoms with Crippen LogP contribution in [0.2, 0.25) is 0 Å². The Morgan fingerprint density at radius 2 is 2.00 bits per heavy atom. The number of esters is 1. The fourth-order valence-electron chi connectivity index (χ4n) is 1.95. The molecule has 6 nitrogen and oxygen atoms in total. The first-order valence-corrected chi connectivity index (χ1v) is 6.02. The van der Waals surface area contributed by atoms with Crippen molar-refractivity contribution < 1.29 is 24.2 Å². The van der Waals surface area contributed by atoms with Crippen molar-refractivity contribution in [2.24, 2.45) is 0 Å². The summed E-state index contributed by atoms with van der Waals surface area (Å²) in [6, 6.07) is -0.563. The van der Waals surface area contributed by atoms with Crippen LogP contribution in [-0.2, 0) is 14.3 Å². The molecule has 0 aliphatic carbocycles. The van der Waals surface area contributed by atoms with Crippen molar-refractivity contribution in [1.82, 2.24) is 4.90 Å². The number of methoxy groups -OCH3 is 1. The zero-order valence-electron chi connectivity index (χ0n) is 11.3. The fraction of sp³-hybridized carbons (Fsp3) is 0.833. The Morgan fingerprint density at radius 1 is 1.39 bits per heavy atom. The van der Waals surface area contributed by atoms with Gasteiger partial charge in [-0.25, -0.2) is 9.59 Å². The lowest BCUT2D eigenvalue weighted by molar-refractivity contribution is -0.153. The number of aliphatic hydroxyl groups excluding tert-OH is 1. The molecule has 1 fully saturated rings. The molecule has 0 bridgehead atoms. The van der Waals surface area contributed by atoms with E-state index in [1.165, 1.54) is 12.0 Å². The quantitative estimate of drug-likeness (QED) is 0.746. The average molecular weight is 259 g/mol. The Morgan fingerprint density at radius 3 is 2.50 bits per heavy atom. The average Bonchev–Trinajstić information content (AvgIpc) is 2.73. The fourth-order valence-corrected chi connectivity index (χ4v) is 1.95. The van der Waals surface area contributed by atoms with Crippen LogP contribution < -0.4 is 0 Å². The van der Waals surface area contributed by atoms with Crippen LogP contribution in [0.1, 0.15) is 33.6 Å². The first kappa shape index (κ1) is 14.8. The van der Waals surface area contributed by atoms with Crippen LogP contribution in [0.3, 0.4) is 0 Å². The molecule has 1 aliphatic heterocycles. The van der Waals surface area contributed by atoms with Gasteiger partial charge in [0.15, 0.2) is 6.10 Å². The summed E-state index contributed by atoms with van der Waals surface area (Å²) in [6.07, 6.45) is -0.522. The summed E-state index contributed by atoms with van der Waals surface area (Å²) in [5.74, 6) is -0.726. The maximum Gasteiger partial charge on any atom is 0.410 e. The van der Waals surface area contributed by atoms with E-state index in [9.17, 15) is 14.7 Å². The van der Waals surface area contributed by atoms with E-state index in [4.69, 9.17) is 4.74 Å². The van der Waals surface area contributed by atoms with Gasteiger partial charge >= 0.3 is 12.1 Å². The number of carbonyl (C=O) groups is 2. The van der Waals surface area contributed by atoms with Crippen LogP contribution >= 0.6 is 0 Å². The third-order valence-corrected chi connectivity index (χ3v) is 2.73. The number of hydrogen-bond donors (Lipinski definition) is 1. The topological polar surface area (TPSA) is 76.1 Å².